The maximum absolute atomic E-state index is 13.9. The Labute approximate surface area is 160 Å². The Morgan fingerprint density at radius 1 is 1.07 bits per heavy atom. The number of hydrogen-bond donors (Lipinski definition) is 1. The normalized spacial score (nSPS) is 23.4. The molecule has 1 heterocycles. The van der Waals surface area contributed by atoms with Crippen LogP contribution in [0.3, 0.4) is 0 Å². The van der Waals surface area contributed by atoms with Gasteiger partial charge >= 0.3 is 0 Å². The lowest BCUT2D eigenvalue weighted by Gasteiger charge is -2.54. The largest absolute Gasteiger partial charge is 0.395 e. The SMILES string of the molecule is CN(Cc1ccccc1F)C[C@H]1[C@@H](c2ccccc2)[C@@H](CO)N1S(C)(=O)=O. The summed E-state index contributed by atoms with van der Waals surface area (Å²) in [6, 6.07) is 15.4. The van der Waals surface area contributed by atoms with Crippen LogP contribution in [0.15, 0.2) is 54.6 Å². The summed E-state index contributed by atoms with van der Waals surface area (Å²) in [4.78, 5) is 1.92. The van der Waals surface area contributed by atoms with E-state index in [9.17, 15) is 17.9 Å². The van der Waals surface area contributed by atoms with Crippen molar-refractivity contribution in [2.75, 3.05) is 26.5 Å². The Hall–Kier alpha value is -1.80. The molecule has 1 aliphatic heterocycles. The molecule has 0 unspecified atom stereocenters. The smallest absolute Gasteiger partial charge is 0.211 e. The summed E-state index contributed by atoms with van der Waals surface area (Å²) in [5.74, 6) is -0.375. The van der Waals surface area contributed by atoms with Crippen LogP contribution in [0.2, 0.25) is 0 Å². The monoisotopic (exact) mass is 392 g/mol. The van der Waals surface area contributed by atoms with Crippen LogP contribution in [0, 0.1) is 5.82 Å². The molecular weight excluding hydrogens is 367 g/mol. The van der Waals surface area contributed by atoms with Crippen molar-refractivity contribution in [1.82, 2.24) is 9.21 Å². The molecule has 0 spiro atoms. The Balaban J connectivity index is 1.83. The summed E-state index contributed by atoms with van der Waals surface area (Å²) in [5.41, 5.74) is 1.57. The second-order valence-electron chi connectivity index (χ2n) is 7.13. The molecule has 7 heteroatoms. The van der Waals surface area contributed by atoms with Crippen LogP contribution in [-0.4, -0.2) is 61.3 Å². The van der Waals surface area contributed by atoms with Crippen LogP contribution in [0.4, 0.5) is 4.39 Å². The number of halogens is 1. The van der Waals surface area contributed by atoms with E-state index in [0.717, 1.165) is 5.56 Å². The van der Waals surface area contributed by atoms with E-state index in [1.54, 1.807) is 18.2 Å². The third-order valence-electron chi connectivity index (χ3n) is 5.13. The van der Waals surface area contributed by atoms with E-state index in [0.29, 0.717) is 18.7 Å². The summed E-state index contributed by atoms with van der Waals surface area (Å²) in [6.45, 7) is 0.587. The molecule has 3 rings (SSSR count). The van der Waals surface area contributed by atoms with Crippen molar-refractivity contribution < 1.29 is 17.9 Å². The van der Waals surface area contributed by atoms with Gasteiger partial charge in [0.25, 0.3) is 0 Å². The van der Waals surface area contributed by atoms with Crippen molar-refractivity contribution in [1.29, 1.82) is 0 Å². The Kier molecular flexibility index (Phi) is 5.95. The molecule has 1 aliphatic rings. The number of sulfonamides is 1. The van der Waals surface area contributed by atoms with Crippen molar-refractivity contribution in [3.05, 3.63) is 71.5 Å². The zero-order chi connectivity index (χ0) is 19.6. The van der Waals surface area contributed by atoms with Gasteiger partial charge in [0.15, 0.2) is 0 Å². The standard InChI is InChI=1S/C20H25FN2O3S/c1-22(12-16-10-6-7-11-17(16)21)13-18-20(15-8-4-3-5-9-15)19(14-24)23(18)27(2,25)26/h3-11,18-20,24H,12-14H2,1-2H3/t18-,19+,20+/m0/s1. The molecule has 0 aliphatic carbocycles. The van der Waals surface area contributed by atoms with Gasteiger partial charge in [0, 0.05) is 30.6 Å². The van der Waals surface area contributed by atoms with Gasteiger partial charge in [-0.05, 0) is 18.7 Å². The van der Waals surface area contributed by atoms with Crippen LogP contribution in [-0.2, 0) is 16.6 Å². The molecule has 2 aromatic carbocycles. The molecular formula is C20H25FN2O3S. The second-order valence-corrected chi connectivity index (χ2v) is 9.02. The highest BCUT2D eigenvalue weighted by Crippen LogP contribution is 2.42. The van der Waals surface area contributed by atoms with E-state index in [1.165, 1.54) is 16.6 Å². The zero-order valence-corrected chi connectivity index (χ0v) is 16.3. The minimum atomic E-state index is -3.47. The number of benzene rings is 2. The summed E-state index contributed by atoms with van der Waals surface area (Å²) in [7, 11) is -1.62. The summed E-state index contributed by atoms with van der Waals surface area (Å²) in [6.07, 6.45) is 1.17. The number of nitrogens with zero attached hydrogens (tertiary/aromatic N) is 2. The third kappa shape index (κ3) is 4.21. The highest BCUT2D eigenvalue weighted by Gasteiger charge is 2.53. The zero-order valence-electron chi connectivity index (χ0n) is 15.5. The first-order valence-corrected chi connectivity index (χ1v) is 10.7. The second kappa shape index (κ2) is 8.06. The van der Waals surface area contributed by atoms with Crippen LogP contribution >= 0.6 is 0 Å². The van der Waals surface area contributed by atoms with Gasteiger partial charge in [-0.15, -0.1) is 0 Å². The molecule has 1 fully saturated rings. The van der Waals surface area contributed by atoms with E-state index < -0.39 is 16.1 Å². The van der Waals surface area contributed by atoms with Gasteiger partial charge < -0.3 is 10.0 Å². The Morgan fingerprint density at radius 3 is 2.30 bits per heavy atom. The lowest BCUT2D eigenvalue weighted by molar-refractivity contribution is 0.0121. The fraction of sp³-hybridized carbons (Fsp3) is 0.400. The van der Waals surface area contributed by atoms with Crippen LogP contribution < -0.4 is 0 Å². The summed E-state index contributed by atoms with van der Waals surface area (Å²) >= 11 is 0. The van der Waals surface area contributed by atoms with E-state index in [-0.39, 0.29) is 24.4 Å². The quantitative estimate of drug-likeness (QED) is 0.784. The maximum atomic E-state index is 13.9. The molecule has 27 heavy (non-hydrogen) atoms. The van der Waals surface area contributed by atoms with Crippen LogP contribution in [0.25, 0.3) is 0 Å². The van der Waals surface area contributed by atoms with Gasteiger partial charge in [-0.1, -0.05) is 48.5 Å². The maximum Gasteiger partial charge on any atom is 0.211 e. The predicted molar refractivity (Wildman–Crippen MR) is 103 cm³/mol. The van der Waals surface area contributed by atoms with Crippen molar-refractivity contribution >= 4 is 10.0 Å². The van der Waals surface area contributed by atoms with Crippen LogP contribution in [0.1, 0.15) is 17.0 Å². The molecule has 2 aromatic rings. The van der Waals surface area contributed by atoms with Crippen molar-refractivity contribution in [2.24, 2.45) is 0 Å². The molecule has 0 bridgehead atoms. The van der Waals surface area contributed by atoms with Crippen molar-refractivity contribution in [3.63, 3.8) is 0 Å². The molecule has 1 N–H and O–H groups in total. The Bertz CT molecular complexity index is 876. The fourth-order valence-electron chi connectivity index (χ4n) is 4.02. The first kappa shape index (κ1) is 19.9. The molecule has 5 nitrogen and oxygen atoms in total. The van der Waals surface area contributed by atoms with Crippen LogP contribution in [0.5, 0.6) is 0 Å². The number of likely N-dealkylation sites (N-methyl/N-ethyl adjacent to an activating group) is 1. The van der Waals surface area contributed by atoms with Gasteiger partial charge in [0.2, 0.25) is 10.0 Å². The van der Waals surface area contributed by atoms with E-state index in [2.05, 4.69) is 0 Å². The van der Waals surface area contributed by atoms with Gasteiger partial charge in [0.05, 0.1) is 18.9 Å². The number of hydrogen-bond acceptors (Lipinski definition) is 4. The molecule has 1 saturated heterocycles. The van der Waals surface area contributed by atoms with Gasteiger partial charge in [0.1, 0.15) is 5.82 Å². The minimum absolute atomic E-state index is 0.103. The van der Waals surface area contributed by atoms with Gasteiger partial charge in [-0.25, -0.2) is 12.8 Å². The third-order valence-corrected chi connectivity index (χ3v) is 6.44. The average molecular weight is 392 g/mol. The summed E-state index contributed by atoms with van der Waals surface area (Å²) < 4.78 is 39.9. The molecule has 0 aromatic heterocycles. The number of rotatable bonds is 7. The molecule has 3 atom stereocenters. The topological polar surface area (TPSA) is 60.9 Å². The highest BCUT2D eigenvalue weighted by molar-refractivity contribution is 7.88. The van der Waals surface area contributed by atoms with E-state index >= 15 is 0 Å². The molecule has 0 amide bonds. The van der Waals surface area contributed by atoms with Crippen molar-refractivity contribution in [3.8, 4) is 0 Å². The first-order valence-electron chi connectivity index (χ1n) is 8.89. The highest BCUT2D eigenvalue weighted by atomic mass is 32.2. The van der Waals surface area contributed by atoms with E-state index in [4.69, 9.17) is 0 Å². The van der Waals surface area contributed by atoms with Gasteiger partial charge in [-0.2, -0.15) is 4.31 Å². The predicted octanol–water partition coefficient (Wildman–Crippen LogP) is 2.05. The molecule has 146 valence electrons. The van der Waals surface area contributed by atoms with Gasteiger partial charge in [-0.3, -0.25) is 0 Å². The average Bonchev–Trinajstić information content (AvgIpc) is 2.60. The first-order chi connectivity index (χ1) is 12.8. The lowest BCUT2D eigenvalue weighted by Crippen LogP contribution is -2.67. The number of aliphatic hydroxyl groups excluding tert-OH is 1. The summed E-state index contributed by atoms with van der Waals surface area (Å²) in [5, 5.41) is 9.81. The molecule has 0 saturated carbocycles. The van der Waals surface area contributed by atoms with Crippen molar-refractivity contribution in [2.45, 2.75) is 24.5 Å². The number of aliphatic hydroxyl groups is 1. The fourth-order valence-corrected chi connectivity index (χ4v) is 5.40. The minimum Gasteiger partial charge on any atom is -0.395 e. The lowest BCUT2D eigenvalue weighted by atomic mass is 9.77. The molecule has 0 radical (unpaired) electrons. The Morgan fingerprint density at radius 2 is 1.70 bits per heavy atom. The van der Waals surface area contributed by atoms with E-state index in [1.807, 2.05) is 42.3 Å².